The lowest BCUT2D eigenvalue weighted by Crippen LogP contribution is -2.52. The highest BCUT2D eigenvalue weighted by Crippen LogP contribution is 2.42. The Bertz CT molecular complexity index is 1760. The number of nitrogens with two attached hydrogens (primary N) is 1. The molecule has 4 aliphatic rings. The van der Waals surface area contributed by atoms with Crippen LogP contribution in [0.2, 0.25) is 5.02 Å². The second-order valence-electron chi connectivity index (χ2n) is 11.8. The molecule has 3 aromatic rings. The van der Waals surface area contributed by atoms with Crippen LogP contribution in [0.4, 0.5) is 15.3 Å². The smallest absolute Gasteiger partial charge is 0.350 e. The first kappa shape index (κ1) is 28.7. The van der Waals surface area contributed by atoms with Gasteiger partial charge in [0.2, 0.25) is 0 Å². The molecule has 0 amide bonds. The van der Waals surface area contributed by atoms with Gasteiger partial charge < -0.3 is 25.6 Å². The van der Waals surface area contributed by atoms with Crippen LogP contribution < -0.4 is 36.3 Å². The maximum Gasteiger partial charge on any atom is 0.350 e. The van der Waals surface area contributed by atoms with E-state index in [2.05, 4.69) is 38.5 Å². The van der Waals surface area contributed by atoms with E-state index >= 15 is 0 Å². The number of halogens is 2. The summed E-state index contributed by atoms with van der Waals surface area (Å²) in [6.07, 6.45) is 5.03. The minimum absolute atomic E-state index is 0.220. The van der Waals surface area contributed by atoms with Gasteiger partial charge in [0.25, 0.3) is 0 Å². The number of piperazine rings is 2. The first-order valence-corrected chi connectivity index (χ1v) is 16.2. The number of thiazole rings is 1. The van der Waals surface area contributed by atoms with Crippen LogP contribution in [0.3, 0.4) is 0 Å². The number of nitrogen functional groups attached to an aromatic ring is 1. The number of rotatable bonds is 6. The first-order valence-electron chi connectivity index (χ1n) is 15.0. The minimum atomic E-state index is -0.521. The third-order valence-electron chi connectivity index (χ3n) is 9.16. The Hall–Kier alpha value is -3.03. The van der Waals surface area contributed by atoms with Crippen molar-refractivity contribution >= 4 is 56.7 Å². The molecule has 3 saturated heterocycles. The van der Waals surface area contributed by atoms with Gasteiger partial charge in [-0.3, -0.25) is 9.47 Å². The molecule has 2 aromatic heterocycles. The van der Waals surface area contributed by atoms with Gasteiger partial charge >= 0.3 is 5.69 Å². The molecule has 0 spiro atoms. The van der Waals surface area contributed by atoms with Crippen LogP contribution in [-0.2, 0) is 0 Å². The largest absolute Gasteiger partial charge is 0.488 e. The topological polar surface area (TPSA) is 105 Å². The quantitative estimate of drug-likeness (QED) is 0.423. The van der Waals surface area contributed by atoms with Gasteiger partial charge in [-0.1, -0.05) is 36.4 Å². The molecular weight excluding hydrogens is 591 g/mol. The summed E-state index contributed by atoms with van der Waals surface area (Å²) in [7, 11) is 0. The minimum Gasteiger partial charge on any atom is -0.488 e. The van der Waals surface area contributed by atoms with Crippen molar-refractivity contribution in [2.75, 3.05) is 69.6 Å². The summed E-state index contributed by atoms with van der Waals surface area (Å²) >= 11 is 8.02. The standard InChI is InChI=1S/C30H36ClFN8O2S/c1-3-23(32)27-24(35-29(33)43-27)12-20-22(31)11-21-25-26(20)42-16-19(15-38-9-7-37(4-2)8-10-38)40(25)30(41)36-28(21)39-13-17-5-6-18(14-39)34-17/h3,11-12,17-19,34H,1,4-10,13-16H2,2H3,(H2,33,35)/b24-12-,27-23-. The van der Waals surface area contributed by atoms with Crippen molar-refractivity contribution in [3.8, 4) is 5.75 Å². The van der Waals surface area contributed by atoms with Crippen LogP contribution in [0.1, 0.15) is 31.4 Å². The number of aromatic nitrogens is 3. The Balaban J connectivity index is 1.40. The van der Waals surface area contributed by atoms with E-state index in [1.807, 2.05) is 6.07 Å². The summed E-state index contributed by atoms with van der Waals surface area (Å²) in [5.41, 5.74) is 6.86. The highest BCUT2D eigenvalue weighted by molar-refractivity contribution is 7.13. The molecular formula is C30H36ClFN8O2S. The summed E-state index contributed by atoms with van der Waals surface area (Å²) < 4.78 is 23.3. The van der Waals surface area contributed by atoms with Crippen molar-refractivity contribution in [3.05, 3.63) is 49.7 Å². The van der Waals surface area contributed by atoms with Crippen LogP contribution in [0.25, 0.3) is 22.8 Å². The maximum atomic E-state index is 14.7. The van der Waals surface area contributed by atoms with E-state index in [0.717, 1.165) is 81.5 Å². The summed E-state index contributed by atoms with van der Waals surface area (Å²) in [5.74, 6) is 0.589. The molecule has 2 bridgehead atoms. The Labute approximate surface area is 257 Å². The highest BCUT2D eigenvalue weighted by Gasteiger charge is 2.36. The lowest BCUT2D eigenvalue weighted by molar-refractivity contribution is 0.106. The van der Waals surface area contributed by atoms with Crippen LogP contribution in [0.15, 0.2) is 23.5 Å². The molecule has 3 N–H and O–H groups in total. The number of hydrogen-bond acceptors (Lipinski definition) is 10. The lowest BCUT2D eigenvalue weighted by Gasteiger charge is -2.38. The van der Waals surface area contributed by atoms with Gasteiger partial charge in [-0.2, -0.15) is 4.98 Å². The van der Waals surface area contributed by atoms with E-state index < -0.39 is 5.83 Å². The molecule has 0 saturated carbocycles. The number of likely N-dealkylation sites (N-methyl/N-ethyl adjacent to an activating group) is 1. The van der Waals surface area contributed by atoms with E-state index in [9.17, 15) is 9.18 Å². The zero-order chi connectivity index (χ0) is 29.8. The Morgan fingerprint density at radius 1 is 1.23 bits per heavy atom. The second kappa shape index (κ2) is 11.5. The Kier molecular flexibility index (Phi) is 7.67. The first-order chi connectivity index (χ1) is 20.8. The fourth-order valence-corrected chi connectivity index (χ4v) is 7.99. The predicted molar refractivity (Wildman–Crippen MR) is 170 cm³/mol. The lowest BCUT2D eigenvalue weighted by atomic mass is 10.0. The number of hydrogen-bond donors (Lipinski definition) is 2. The molecule has 43 heavy (non-hydrogen) atoms. The van der Waals surface area contributed by atoms with E-state index in [1.54, 1.807) is 10.6 Å². The molecule has 6 heterocycles. The molecule has 1 aromatic carbocycles. The monoisotopic (exact) mass is 626 g/mol. The van der Waals surface area contributed by atoms with Gasteiger partial charge in [-0.25, -0.2) is 14.2 Å². The number of ether oxygens (including phenoxy) is 1. The summed E-state index contributed by atoms with van der Waals surface area (Å²) in [6, 6.07) is 2.37. The number of benzene rings is 1. The van der Waals surface area contributed by atoms with Crippen molar-refractivity contribution in [1.29, 1.82) is 0 Å². The molecule has 0 radical (unpaired) electrons. The molecule has 228 valence electrons. The molecule has 10 nitrogen and oxygen atoms in total. The number of allylic oxidation sites excluding steroid dienone is 1. The van der Waals surface area contributed by atoms with Crippen molar-refractivity contribution in [3.63, 3.8) is 0 Å². The molecule has 3 fully saturated rings. The molecule has 3 unspecified atom stereocenters. The zero-order valence-corrected chi connectivity index (χ0v) is 25.8. The predicted octanol–water partition coefficient (Wildman–Crippen LogP) is 1.69. The second-order valence-corrected chi connectivity index (χ2v) is 13.2. The van der Waals surface area contributed by atoms with Crippen molar-refractivity contribution in [2.24, 2.45) is 0 Å². The summed E-state index contributed by atoms with van der Waals surface area (Å²) in [5, 5.41) is 5.39. The molecule has 13 heteroatoms. The van der Waals surface area contributed by atoms with Gasteiger partial charge in [0.1, 0.15) is 18.3 Å². The fraction of sp³-hybridized carbons (Fsp3) is 0.500. The normalized spacial score (nSPS) is 25.3. The Morgan fingerprint density at radius 3 is 2.65 bits per heavy atom. The number of nitrogens with zero attached hydrogens (tertiary/aromatic N) is 6. The van der Waals surface area contributed by atoms with Gasteiger partial charge in [0.05, 0.1) is 26.5 Å². The van der Waals surface area contributed by atoms with Gasteiger partial charge in [0, 0.05) is 68.8 Å². The van der Waals surface area contributed by atoms with Gasteiger partial charge in [0.15, 0.2) is 10.9 Å². The number of fused-ring (bicyclic) bond motifs is 2. The average Bonchev–Trinajstić information content (AvgIpc) is 3.56. The fourth-order valence-electron chi connectivity index (χ4n) is 6.99. The Morgan fingerprint density at radius 2 is 1.95 bits per heavy atom. The maximum absolute atomic E-state index is 14.7. The van der Waals surface area contributed by atoms with Crippen LogP contribution in [0.5, 0.6) is 5.75 Å². The van der Waals surface area contributed by atoms with Crippen LogP contribution in [-0.4, -0.2) is 95.4 Å². The average molecular weight is 627 g/mol. The van der Waals surface area contributed by atoms with E-state index in [0.29, 0.717) is 51.6 Å². The third-order valence-corrected chi connectivity index (χ3v) is 10.4. The SMILES string of the molecule is C=C/C(F)=c1/sc(N)n/c1=C\c1c(Cl)cc2c(N3CC4CCC(C3)N4)nc(=O)n3c2c1OCC3CN1CCN(CC)CC1. The van der Waals surface area contributed by atoms with E-state index in [-0.39, 0.29) is 28.0 Å². The number of anilines is 2. The van der Waals surface area contributed by atoms with Gasteiger partial charge in [-0.05, 0) is 37.6 Å². The van der Waals surface area contributed by atoms with Crippen molar-refractivity contribution in [1.82, 2.24) is 29.7 Å². The highest BCUT2D eigenvalue weighted by atomic mass is 35.5. The van der Waals surface area contributed by atoms with E-state index in [4.69, 9.17) is 27.1 Å². The molecule has 3 atom stereocenters. The van der Waals surface area contributed by atoms with Crippen LogP contribution in [0, 0.1) is 0 Å². The molecule has 0 aliphatic carbocycles. The van der Waals surface area contributed by atoms with E-state index in [1.165, 1.54) is 0 Å². The van der Waals surface area contributed by atoms with Crippen molar-refractivity contribution < 1.29 is 9.13 Å². The van der Waals surface area contributed by atoms with Crippen LogP contribution >= 0.6 is 22.9 Å². The molecule has 4 aliphatic heterocycles. The van der Waals surface area contributed by atoms with Gasteiger partial charge in [-0.15, -0.1) is 0 Å². The summed E-state index contributed by atoms with van der Waals surface area (Å²) in [4.78, 5) is 30.1. The summed E-state index contributed by atoms with van der Waals surface area (Å²) in [6.45, 7) is 13.1. The van der Waals surface area contributed by atoms with Crippen molar-refractivity contribution in [2.45, 2.75) is 37.9 Å². The third kappa shape index (κ3) is 5.22. The molecule has 7 rings (SSSR count). The zero-order valence-electron chi connectivity index (χ0n) is 24.2. The number of nitrogens with one attached hydrogen (secondary N) is 1.